The van der Waals surface area contributed by atoms with Crippen LogP contribution in [0.25, 0.3) is 11.3 Å². The molecule has 0 atom stereocenters. The van der Waals surface area contributed by atoms with Crippen molar-refractivity contribution in [2.75, 3.05) is 24.7 Å². The van der Waals surface area contributed by atoms with Crippen molar-refractivity contribution in [1.29, 1.82) is 0 Å². The van der Waals surface area contributed by atoms with Gasteiger partial charge in [-0.15, -0.1) is 11.3 Å². The van der Waals surface area contributed by atoms with Crippen LogP contribution in [0.1, 0.15) is 21.8 Å². The van der Waals surface area contributed by atoms with Gasteiger partial charge in [0.05, 0.1) is 10.7 Å². The van der Waals surface area contributed by atoms with Crippen LogP contribution in [0.3, 0.4) is 0 Å². The minimum atomic E-state index is -0.0587. The van der Waals surface area contributed by atoms with E-state index in [1.54, 1.807) is 23.1 Å². The molecule has 0 radical (unpaired) electrons. The maximum atomic E-state index is 12.1. The number of nitrogens with one attached hydrogen (secondary N) is 1. The molecule has 0 unspecified atom stereocenters. The summed E-state index contributed by atoms with van der Waals surface area (Å²) in [6.45, 7) is 2.83. The number of aryl methyl sites for hydroxylation is 1. The second-order valence-corrected chi connectivity index (χ2v) is 7.06. The normalized spacial score (nSPS) is 10.6. The summed E-state index contributed by atoms with van der Waals surface area (Å²) in [5.41, 5.74) is 2.54. The summed E-state index contributed by atoms with van der Waals surface area (Å²) < 4.78 is 0. The number of aliphatic hydroxyl groups excluding tert-OH is 1. The smallest absolute Gasteiger partial charge is 0.251 e. The molecule has 1 aromatic carbocycles. The summed E-state index contributed by atoms with van der Waals surface area (Å²) >= 11 is 3.34. The molecule has 22 heavy (non-hydrogen) atoms. The predicted octanol–water partition coefficient (Wildman–Crippen LogP) is 2.96. The predicted molar refractivity (Wildman–Crippen MR) is 93.6 cm³/mol. The number of nitrogens with zero attached hydrogens (tertiary/aromatic N) is 1. The second-order valence-electron chi connectivity index (χ2n) is 4.78. The molecule has 1 amide bonds. The third kappa shape index (κ3) is 5.12. The first-order valence-electron chi connectivity index (χ1n) is 7.20. The van der Waals surface area contributed by atoms with Crippen molar-refractivity contribution < 1.29 is 9.90 Å². The molecule has 1 aromatic heterocycles. The summed E-state index contributed by atoms with van der Waals surface area (Å²) in [4.78, 5) is 16.6. The summed E-state index contributed by atoms with van der Waals surface area (Å²) in [6, 6.07) is 7.55. The molecular formula is C16H20N2O2S2. The van der Waals surface area contributed by atoms with E-state index in [1.165, 1.54) is 0 Å². The van der Waals surface area contributed by atoms with E-state index in [-0.39, 0.29) is 12.5 Å². The maximum absolute atomic E-state index is 12.1. The first-order valence-corrected chi connectivity index (χ1v) is 9.23. The van der Waals surface area contributed by atoms with Crippen LogP contribution in [0.15, 0.2) is 29.6 Å². The van der Waals surface area contributed by atoms with Gasteiger partial charge < -0.3 is 10.4 Å². The number of aromatic nitrogens is 1. The van der Waals surface area contributed by atoms with E-state index in [4.69, 9.17) is 5.11 Å². The highest BCUT2D eigenvalue weighted by Gasteiger charge is 2.08. The summed E-state index contributed by atoms with van der Waals surface area (Å²) in [7, 11) is 0. The SMILES string of the molecule is Cc1nc(-c2cccc(C(=O)NCCSCCCO)c2)cs1. The van der Waals surface area contributed by atoms with Gasteiger partial charge in [-0.25, -0.2) is 4.98 Å². The third-order valence-electron chi connectivity index (χ3n) is 3.02. The number of rotatable bonds is 8. The molecule has 4 nitrogen and oxygen atoms in total. The fourth-order valence-corrected chi connectivity index (χ4v) is 3.33. The Hall–Kier alpha value is -1.37. The highest BCUT2D eigenvalue weighted by atomic mass is 32.2. The number of carbonyl (C=O) groups excluding carboxylic acids is 1. The largest absolute Gasteiger partial charge is 0.396 e. The lowest BCUT2D eigenvalue weighted by Gasteiger charge is -2.06. The highest BCUT2D eigenvalue weighted by molar-refractivity contribution is 7.99. The molecule has 2 rings (SSSR count). The molecule has 0 bridgehead atoms. The molecule has 0 aliphatic heterocycles. The molecule has 2 N–H and O–H groups in total. The average molecular weight is 336 g/mol. The Balaban J connectivity index is 1.88. The van der Waals surface area contributed by atoms with Crippen LogP contribution in [0, 0.1) is 6.92 Å². The number of hydrogen-bond donors (Lipinski definition) is 2. The lowest BCUT2D eigenvalue weighted by Crippen LogP contribution is -2.25. The molecule has 118 valence electrons. The van der Waals surface area contributed by atoms with E-state index in [0.29, 0.717) is 12.1 Å². The topological polar surface area (TPSA) is 62.2 Å². The van der Waals surface area contributed by atoms with Gasteiger partial charge in [-0.2, -0.15) is 11.8 Å². The molecule has 6 heteroatoms. The maximum Gasteiger partial charge on any atom is 0.251 e. The molecule has 0 spiro atoms. The Bertz CT molecular complexity index is 614. The van der Waals surface area contributed by atoms with Gasteiger partial charge in [0.2, 0.25) is 0 Å². The Labute approximate surface area is 139 Å². The molecule has 0 aliphatic carbocycles. The summed E-state index contributed by atoms with van der Waals surface area (Å²) in [6.07, 6.45) is 0.799. The fourth-order valence-electron chi connectivity index (χ4n) is 1.92. The van der Waals surface area contributed by atoms with Crippen LogP contribution in [0.5, 0.6) is 0 Å². The van der Waals surface area contributed by atoms with Crippen LogP contribution in [0.4, 0.5) is 0 Å². The van der Waals surface area contributed by atoms with E-state index in [1.807, 2.05) is 36.6 Å². The van der Waals surface area contributed by atoms with E-state index >= 15 is 0 Å². The second kappa shape index (κ2) is 8.92. The van der Waals surface area contributed by atoms with Crippen LogP contribution in [0.2, 0.25) is 0 Å². The quantitative estimate of drug-likeness (QED) is 0.728. The number of amides is 1. The van der Waals surface area contributed by atoms with Gasteiger partial charge in [0, 0.05) is 35.4 Å². The Kier molecular flexibility index (Phi) is 6.89. The molecule has 0 saturated carbocycles. The Morgan fingerprint density at radius 3 is 3.00 bits per heavy atom. The molecule has 0 aliphatic rings. The zero-order valence-electron chi connectivity index (χ0n) is 12.5. The van der Waals surface area contributed by atoms with E-state index < -0.39 is 0 Å². The van der Waals surface area contributed by atoms with Crippen molar-refractivity contribution in [3.8, 4) is 11.3 Å². The minimum Gasteiger partial charge on any atom is -0.396 e. The number of carbonyl (C=O) groups is 1. The van der Waals surface area contributed by atoms with Crippen molar-refractivity contribution in [3.05, 3.63) is 40.2 Å². The number of thiazole rings is 1. The summed E-state index contributed by atoms with van der Waals surface area (Å²) in [5, 5.41) is 14.6. The van der Waals surface area contributed by atoms with Crippen LogP contribution in [-0.4, -0.2) is 40.7 Å². The van der Waals surface area contributed by atoms with Gasteiger partial charge in [0.25, 0.3) is 5.91 Å². The molecule has 0 fully saturated rings. The molecule has 2 aromatic rings. The lowest BCUT2D eigenvalue weighted by atomic mass is 10.1. The van der Waals surface area contributed by atoms with Crippen molar-refractivity contribution in [2.24, 2.45) is 0 Å². The number of aliphatic hydroxyl groups is 1. The highest BCUT2D eigenvalue weighted by Crippen LogP contribution is 2.22. The van der Waals surface area contributed by atoms with Crippen molar-refractivity contribution in [2.45, 2.75) is 13.3 Å². The summed E-state index contributed by atoms with van der Waals surface area (Å²) in [5.74, 6) is 1.72. The number of thioether (sulfide) groups is 1. The number of hydrogen-bond acceptors (Lipinski definition) is 5. The Morgan fingerprint density at radius 1 is 1.41 bits per heavy atom. The van der Waals surface area contributed by atoms with E-state index in [9.17, 15) is 4.79 Å². The molecule has 0 saturated heterocycles. The first-order chi connectivity index (χ1) is 10.7. The van der Waals surface area contributed by atoms with Gasteiger partial charge in [0.1, 0.15) is 0 Å². The van der Waals surface area contributed by atoms with Crippen LogP contribution in [-0.2, 0) is 0 Å². The first kappa shape index (κ1) is 17.0. The van der Waals surface area contributed by atoms with Gasteiger partial charge in [-0.3, -0.25) is 4.79 Å². The zero-order chi connectivity index (χ0) is 15.8. The monoisotopic (exact) mass is 336 g/mol. The van der Waals surface area contributed by atoms with Gasteiger partial charge in [0.15, 0.2) is 0 Å². The fraction of sp³-hybridized carbons (Fsp3) is 0.375. The molecule has 1 heterocycles. The average Bonchev–Trinajstić information content (AvgIpc) is 2.97. The van der Waals surface area contributed by atoms with Crippen LogP contribution >= 0.6 is 23.1 Å². The Morgan fingerprint density at radius 2 is 2.27 bits per heavy atom. The van der Waals surface area contributed by atoms with Crippen molar-refractivity contribution in [3.63, 3.8) is 0 Å². The number of benzene rings is 1. The third-order valence-corrected chi connectivity index (χ3v) is 4.86. The van der Waals surface area contributed by atoms with Gasteiger partial charge in [-0.05, 0) is 31.2 Å². The molecular weight excluding hydrogens is 316 g/mol. The standard InChI is InChI=1S/C16H20N2O2S2/c1-12-18-15(11-22-12)13-4-2-5-14(10-13)16(20)17-6-9-21-8-3-7-19/h2,4-5,10-11,19H,3,6-9H2,1H3,(H,17,20). The van der Waals surface area contributed by atoms with Gasteiger partial charge >= 0.3 is 0 Å². The van der Waals surface area contributed by atoms with Crippen molar-refractivity contribution in [1.82, 2.24) is 10.3 Å². The van der Waals surface area contributed by atoms with Crippen molar-refractivity contribution >= 4 is 29.0 Å². The van der Waals surface area contributed by atoms with Crippen LogP contribution < -0.4 is 5.32 Å². The zero-order valence-corrected chi connectivity index (χ0v) is 14.2. The van der Waals surface area contributed by atoms with E-state index in [2.05, 4.69) is 10.3 Å². The van der Waals surface area contributed by atoms with E-state index in [0.717, 1.165) is 34.2 Å². The lowest BCUT2D eigenvalue weighted by molar-refractivity contribution is 0.0956. The van der Waals surface area contributed by atoms with Gasteiger partial charge in [-0.1, -0.05) is 12.1 Å². The minimum absolute atomic E-state index is 0.0587.